The van der Waals surface area contributed by atoms with Crippen LogP contribution in [0.3, 0.4) is 0 Å². The molecular formula is C10H10. The first-order valence-corrected chi connectivity index (χ1v) is 3.68. The van der Waals surface area contributed by atoms with Gasteiger partial charge in [-0.05, 0) is 12.0 Å². The standard InChI is InChI=1S/C10H10/c1-2-6-10-8-4-3-7-9(10)5-1/h1-7,10H,8H2/t10-/m0/s1. The highest BCUT2D eigenvalue weighted by molar-refractivity contribution is 5.38. The van der Waals surface area contributed by atoms with E-state index in [1.807, 2.05) is 0 Å². The lowest BCUT2D eigenvalue weighted by Crippen LogP contribution is -2.02. The van der Waals surface area contributed by atoms with Gasteiger partial charge in [0.15, 0.2) is 0 Å². The van der Waals surface area contributed by atoms with E-state index in [1.165, 1.54) is 12.0 Å². The van der Waals surface area contributed by atoms with Gasteiger partial charge in [0.05, 0.1) is 0 Å². The van der Waals surface area contributed by atoms with Crippen LogP contribution in [0.25, 0.3) is 0 Å². The van der Waals surface area contributed by atoms with Gasteiger partial charge in [-0.15, -0.1) is 0 Å². The Bertz CT molecular complexity index is 239. The SMILES string of the molecule is C1=CC[C@@H]2C=CC=CC2=C1. The molecule has 0 heterocycles. The van der Waals surface area contributed by atoms with E-state index in [4.69, 9.17) is 0 Å². The van der Waals surface area contributed by atoms with Crippen LogP contribution in [0.1, 0.15) is 6.42 Å². The first-order valence-electron chi connectivity index (χ1n) is 3.68. The molecule has 0 nitrogen and oxygen atoms in total. The summed E-state index contributed by atoms with van der Waals surface area (Å²) in [6, 6.07) is 0. The van der Waals surface area contributed by atoms with Crippen molar-refractivity contribution in [3.8, 4) is 0 Å². The molecule has 0 heteroatoms. The fourth-order valence-corrected chi connectivity index (χ4v) is 1.40. The van der Waals surface area contributed by atoms with Crippen LogP contribution in [0.4, 0.5) is 0 Å². The maximum atomic E-state index is 2.26. The Kier molecular flexibility index (Phi) is 1.31. The van der Waals surface area contributed by atoms with Crippen molar-refractivity contribution in [2.24, 2.45) is 5.92 Å². The summed E-state index contributed by atoms with van der Waals surface area (Å²) in [5.74, 6) is 0.662. The zero-order chi connectivity index (χ0) is 6.81. The average molecular weight is 130 g/mol. The summed E-state index contributed by atoms with van der Waals surface area (Å²) in [5, 5.41) is 0. The molecule has 0 aliphatic heterocycles. The topological polar surface area (TPSA) is 0 Å². The lowest BCUT2D eigenvalue weighted by atomic mass is 9.88. The second-order valence-electron chi connectivity index (χ2n) is 2.68. The van der Waals surface area contributed by atoms with E-state index in [9.17, 15) is 0 Å². The Balaban J connectivity index is 2.34. The summed E-state index contributed by atoms with van der Waals surface area (Å²) in [6.07, 6.45) is 16.4. The molecule has 2 aliphatic rings. The van der Waals surface area contributed by atoms with E-state index in [0.29, 0.717) is 5.92 Å². The molecule has 0 aromatic heterocycles. The van der Waals surface area contributed by atoms with Gasteiger partial charge in [-0.1, -0.05) is 42.5 Å². The molecule has 1 atom stereocenters. The third-order valence-electron chi connectivity index (χ3n) is 1.99. The van der Waals surface area contributed by atoms with Crippen molar-refractivity contribution in [2.45, 2.75) is 6.42 Å². The quantitative estimate of drug-likeness (QED) is 0.473. The molecule has 0 aromatic rings. The summed E-state index contributed by atoms with van der Waals surface area (Å²) < 4.78 is 0. The third-order valence-corrected chi connectivity index (χ3v) is 1.99. The molecule has 2 rings (SSSR count). The van der Waals surface area contributed by atoms with Gasteiger partial charge in [-0.2, -0.15) is 0 Å². The maximum Gasteiger partial charge on any atom is 0.00557 e. The predicted octanol–water partition coefficient (Wildman–Crippen LogP) is 2.61. The van der Waals surface area contributed by atoms with E-state index in [2.05, 4.69) is 42.5 Å². The second-order valence-corrected chi connectivity index (χ2v) is 2.68. The van der Waals surface area contributed by atoms with Crippen molar-refractivity contribution in [3.05, 3.63) is 48.1 Å². The van der Waals surface area contributed by atoms with Crippen LogP contribution in [-0.4, -0.2) is 0 Å². The lowest BCUT2D eigenvalue weighted by molar-refractivity contribution is 0.780. The maximum absolute atomic E-state index is 2.26. The van der Waals surface area contributed by atoms with Crippen molar-refractivity contribution in [3.63, 3.8) is 0 Å². The first kappa shape index (κ1) is 5.72. The monoisotopic (exact) mass is 130 g/mol. The van der Waals surface area contributed by atoms with Crippen molar-refractivity contribution in [2.75, 3.05) is 0 Å². The molecule has 2 aliphatic carbocycles. The Labute approximate surface area is 61.3 Å². The summed E-state index contributed by atoms with van der Waals surface area (Å²) in [6.45, 7) is 0. The van der Waals surface area contributed by atoms with Crippen LogP contribution in [-0.2, 0) is 0 Å². The van der Waals surface area contributed by atoms with Crippen LogP contribution in [0.2, 0.25) is 0 Å². The Morgan fingerprint density at radius 3 is 3.10 bits per heavy atom. The third kappa shape index (κ3) is 0.860. The van der Waals surface area contributed by atoms with Crippen molar-refractivity contribution >= 4 is 0 Å². The summed E-state index contributed by atoms with van der Waals surface area (Å²) >= 11 is 0. The molecule has 0 saturated heterocycles. The van der Waals surface area contributed by atoms with Gasteiger partial charge in [-0.25, -0.2) is 0 Å². The summed E-state index contributed by atoms with van der Waals surface area (Å²) in [4.78, 5) is 0. The van der Waals surface area contributed by atoms with Gasteiger partial charge in [0.25, 0.3) is 0 Å². The molecule has 0 bridgehead atoms. The average Bonchev–Trinajstić information content (AvgIpc) is 2.05. The van der Waals surface area contributed by atoms with E-state index in [1.54, 1.807) is 0 Å². The zero-order valence-electron chi connectivity index (χ0n) is 5.83. The van der Waals surface area contributed by atoms with Gasteiger partial charge < -0.3 is 0 Å². The first-order chi connectivity index (χ1) is 4.97. The Hall–Kier alpha value is -1.04. The molecule has 0 spiro atoms. The van der Waals surface area contributed by atoms with Gasteiger partial charge in [-0.3, -0.25) is 0 Å². The molecule has 50 valence electrons. The predicted molar refractivity (Wildman–Crippen MR) is 43.6 cm³/mol. The molecule has 0 N–H and O–H groups in total. The Morgan fingerprint density at radius 2 is 2.20 bits per heavy atom. The highest BCUT2D eigenvalue weighted by Crippen LogP contribution is 2.25. The van der Waals surface area contributed by atoms with E-state index >= 15 is 0 Å². The summed E-state index contributed by atoms with van der Waals surface area (Å²) in [7, 11) is 0. The van der Waals surface area contributed by atoms with Crippen molar-refractivity contribution in [1.29, 1.82) is 0 Å². The highest BCUT2D eigenvalue weighted by atomic mass is 14.1. The second kappa shape index (κ2) is 2.30. The fourth-order valence-electron chi connectivity index (χ4n) is 1.40. The zero-order valence-corrected chi connectivity index (χ0v) is 5.83. The Morgan fingerprint density at radius 1 is 1.20 bits per heavy atom. The number of allylic oxidation sites excluding steroid dienone is 8. The van der Waals surface area contributed by atoms with E-state index in [0.717, 1.165) is 0 Å². The minimum atomic E-state index is 0.662. The summed E-state index contributed by atoms with van der Waals surface area (Å²) in [5.41, 5.74) is 1.45. The van der Waals surface area contributed by atoms with Crippen molar-refractivity contribution in [1.82, 2.24) is 0 Å². The van der Waals surface area contributed by atoms with E-state index < -0.39 is 0 Å². The van der Waals surface area contributed by atoms with Gasteiger partial charge >= 0.3 is 0 Å². The molecule has 0 fully saturated rings. The molecule has 0 amide bonds. The fraction of sp³-hybridized carbons (Fsp3) is 0.200. The van der Waals surface area contributed by atoms with Crippen LogP contribution >= 0.6 is 0 Å². The highest BCUT2D eigenvalue weighted by Gasteiger charge is 2.10. The van der Waals surface area contributed by atoms with Gasteiger partial charge in [0, 0.05) is 5.92 Å². The van der Waals surface area contributed by atoms with E-state index in [-0.39, 0.29) is 0 Å². The lowest BCUT2D eigenvalue weighted by Gasteiger charge is -2.16. The largest absolute Gasteiger partial charge is 0.0836 e. The number of rotatable bonds is 0. The molecule has 10 heavy (non-hydrogen) atoms. The van der Waals surface area contributed by atoms with Gasteiger partial charge in [0.2, 0.25) is 0 Å². The van der Waals surface area contributed by atoms with Crippen molar-refractivity contribution < 1.29 is 0 Å². The smallest absolute Gasteiger partial charge is 0.00557 e. The number of hydrogen-bond donors (Lipinski definition) is 0. The van der Waals surface area contributed by atoms with Crippen LogP contribution in [0.15, 0.2) is 48.1 Å². The van der Waals surface area contributed by atoms with Gasteiger partial charge in [0.1, 0.15) is 0 Å². The molecular weight excluding hydrogens is 120 g/mol. The minimum absolute atomic E-state index is 0.662. The van der Waals surface area contributed by atoms with Crippen LogP contribution < -0.4 is 0 Å². The number of hydrogen-bond acceptors (Lipinski definition) is 0. The minimum Gasteiger partial charge on any atom is -0.0836 e. The number of fused-ring (bicyclic) bond motifs is 1. The normalized spacial score (nSPS) is 28.0. The molecule has 0 unspecified atom stereocenters. The molecule has 0 radical (unpaired) electrons. The van der Waals surface area contributed by atoms with Crippen LogP contribution in [0, 0.1) is 5.92 Å². The molecule has 0 aromatic carbocycles. The van der Waals surface area contributed by atoms with Crippen LogP contribution in [0.5, 0.6) is 0 Å². The molecule has 0 saturated carbocycles.